The van der Waals surface area contributed by atoms with Crippen LogP contribution < -0.4 is 0 Å². The molecule has 3 N–H and O–H groups in total. The highest BCUT2D eigenvalue weighted by Gasteiger charge is 2.54. The van der Waals surface area contributed by atoms with Crippen LogP contribution in [0.3, 0.4) is 0 Å². The third-order valence-corrected chi connectivity index (χ3v) is 4.49. The number of alkyl halides is 2. The molecule has 1 atom stereocenters. The summed E-state index contributed by atoms with van der Waals surface area (Å²) in [5, 5.41) is -0.984. The van der Waals surface area contributed by atoms with Crippen LogP contribution in [-0.4, -0.2) is 18.8 Å². The van der Waals surface area contributed by atoms with Crippen LogP contribution in [0.15, 0.2) is 11.9 Å². The van der Waals surface area contributed by atoms with Crippen LogP contribution in [0.4, 0.5) is 0 Å². The predicted molar refractivity (Wildman–Crippen MR) is 45.4 cm³/mol. The summed E-state index contributed by atoms with van der Waals surface area (Å²) in [5.41, 5.74) is 0. The van der Waals surface area contributed by atoms with Crippen molar-refractivity contribution in [3.05, 3.63) is 11.9 Å². The number of halogens is 2. The second-order valence-corrected chi connectivity index (χ2v) is 6.50. The lowest BCUT2D eigenvalue weighted by Crippen LogP contribution is -2.10. The van der Waals surface area contributed by atoms with E-state index in [9.17, 15) is 9.13 Å². The van der Waals surface area contributed by atoms with E-state index in [2.05, 4.69) is 6.58 Å². The van der Waals surface area contributed by atoms with Crippen molar-refractivity contribution in [2.24, 2.45) is 0 Å². The summed E-state index contributed by atoms with van der Waals surface area (Å²) in [5.74, 6) is 0. The topological polar surface area (TPSA) is 94.8 Å². The van der Waals surface area contributed by atoms with Gasteiger partial charge >= 0.3 is 19.7 Å². The van der Waals surface area contributed by atoms with Crippen LogP contribution >= 0.6 is 38.8 Å². The average molecular weight is 254 g/mol. The van der Waals surface area contributed by atoms with Crippen molar-refractivity contribution in [3.63, 3.8) is 0 Å². The molecule has 0 aliphatic rings. The van der Waals surface area contributed by atoms with Gasteiger partial charge in [0.1, 0.15) is 5.31 Å². The number of hydrogen-bond donors (Lipinski definition) is 3. The van der Waals surface area contributed by atoms with Gasteiger partial charge in [0.15, 0.2) is 0 Å². The maximum atomic E-state index is 10.5. The highest BCUT2D eigenvalue weighted by molar-refractivity contribution is 7.59. The zero-order chi connectivity index (χ0) is 10.2. The van der Waals surface area contributed by atoms with Crippen LogP contribution in [-0.2, 0) is 9.13 Å². The standard InChI is InChI=1S/C3H4Cl2O5P2/c1-2(12(8,9)10)3(4,5)11(6)7/h1H2,(H2-,6,7,8,9,10)/p+1. The SMILES string of the molecule is C=C(C(Cl)(Cl)[P+](=O)O)P(=O)(O)O. The highest BCUT2D eigenvalue weighted by atomic mass is 35.5. The van der Waals surface area contributed by atoms with Crippen molar-refractivity contribution in [3.8, 4) is 0 Å². The molecule has 0 spiro atoms. The molecule has 0 rings (SSSR count). The summed E-state index contributed by atoms with van der Waals surface area (Å²) in [6.07, 6.45) is 0. The lowest BCUT2D eigenvalue weighted by Gasteiger charge is -2.10. The quantitative estimate of drug-likeness (QED) is 0.524. The lowest BCUT2D eigenvalue weighted by atomic mass is 10.7. The highest BCUT2D eigenvalue weighted by Crippen LogP contribution is 2.60. The van der Waals surface area contributed by atoms with E-state index in [1.54, 1.807) is 0 Å². The summed E-state index contributed by atoms with van der Waals surface area (Å²) in [4.78, 5) is 25.4. The van der Waals surface area contributed by atoms with Crippen LogP contribution in [0.2, 0.25) is 0 Å². The second kappa shape index (κ2) is 3.72. The summed E-state index contributed by atoms with van der Waals surface area (Å²) in [7, 11) is -7.89. The van der Waals surface area contributed by atoms with Gasteiger partial charge in [-0.2, -0.15) is 4.89 Å². The Morgan fingerprint density at radius 1 is 1.50 bits per heavy atom. The second-order valence-electron chi connectivity index (χ2n) is 1.80. The number of allylic oxidation sites excluding steroid dienone is 1. The predicted octanol–water partition coefficient (Wildman–Crippen LogP) is 1.54. The molecular formula is C3H5Cl2O5P2+. The van der Waals surface area contributed by atoms with E-state index in [-0.39, 0.29) is 0 Å². The van der Waals surface area contributed by atoms with Gasteiger partial charge in [-0.3, -0.25) is 4.57 Å². The first-order chi connectivity index (χ1) is 5.10. The van der Waals surface area contributed by atoms with Crippen molar-refractivity contribution in [2.75, 3.05) is 0 Å². The van der Waals surface area contributed by atoms with E-state index in [1.165, 1.54) is 0 Å². The van der Waals surface area contributed by atoms with Gasteiger partial charge < -0.3 is 9.79 Å². The molecule has 0 aliphatic heterocycles. The summed E-state index contributed by atoms with van der Waals surface area (Å²) in [6, 6.07) is 0. The zero-order valence-corrected chi connectivity index (χ0v) is 8.82. The Hall–Kier alpha value is 0.530. The molecule has 0 aliphatic carbocycles. The molecular weight excluding hydrogens is 249 g/mol. The number of rotatable bonds is 3. The monoisotopic (exact) mass is 253 g/mol. The molecule has 0 bridgehead atoms. The van der Waals surface area contributed by atoms with E-state index in [1.807, 2.05) is 0 Å². The van der Waals surface area contributed by atoms with E-state index in [0.29, 0.717) is 0 Å². The van der Waals surface area contributed by atoms with Crippen LogP contribution in [0.25, 0.3) is 0 Å². The fourth-order valence-electron chi connectivity index (χ4n) is 0.286. The first-order valence-electron chi connectivity index (χ1n) is 2.39. The molecule has 0 aromatic rings. The normalized spacial score (nSPS) is 14.2. The first-order valence-corrected chi connectivity index (χ1v) is 5.97. The van der Waals surface area contributed by atoms with Gasteiger partial charge in [-0.05, 0) is 27.8 Å². The zero-order valence-electron chi connectivity index (χ0n) is 5.52. The van der Waals surface area contributed by atoms with Gasteiger partial charge in [0.05, 0.1) is 0 Å². The molecule has 0 aromatic heterocycles. The molecule has 0 saturated carbocycles. The van der Waals surface area contributed by atoms with Crippen molar-refractivity contribution in [1.29, 1.82) is 0 Å². The fraction of sp³-hybridized carbons (Fsp3) is 0.333. The Labute approximate surface area is 79.0 Å². The van der Waals surface area contributed by atoms with Crippen molar-refractivity contribution >= 4 is 38.8 Å². The lowest BCUT2D eigenvalue weighted by molar-refractivity contribution is 0.380. The average Bonchev–Trinajstić information content (AvgIpc) is 1.83. The fourth-order valence-corrected chi connectivity index (χ4v) is 2.16. The van der Waals surface area contributed by atoms with Gasteiger partial charge in [-0.25, -0.2) is 0 Å². The maximum Gasteiger partial charge on any atom is 0.550 e. The molecule has 0 fully saturated rings. The molecule has 5 nitrogen and oxygen atoms in total. The molecule has 9 heteroatoms. The minimum Gasteiger partial charge on any atom is -0.321 e. The Balaban J connectivity index is 4.96. The Morgan fingerprint density at radius 2 is 1.83 bits per heavy atom. The van der Waals surface area contributed by atoms with E-state index in [0.717, 1.165) is 0 Å². The summed E-state index contributed by atoms with van der Waals surface area (Å²) in [6.45, 7) is 2.85. The molecule has 0 heterocycles. The number of hydrogen-bond acceptors (Lipinski definition) is 2. The minimum atomic E-state index is -4.73. The van der Waals surface area contributed by atoms with E-state index >= 15 is 0 Å². The molecule has 0 radical (unpaired) electrons. The third kappa shape index (κ3) is 2.79. The van der Waals surface area contributed by atoms with Gasteiger partial charge in [0, 0.05) is 0 Å². The van der Waals surface area contributed by atoms with Crippen molar-refractivity contribution in [1.82, 2.24) is 0 Å². The van der Waals surface area contributed by atoms with Gasteiger partial charge in [-0.15, -0.1) is 0 Å². The molecule has 0 saturated heterocycles. The largest absolute Gasteiger partial charge is 0.550 e. The van der Waals surface area contributed by atoms with E-state index < -0.39 is 25.0 Å². The molecule has 12 heavy (non-hydrogen) atoms. The summed E-state index contributed by atoms with van der Waals surface area (Å²) >= 11 is 10.3. The van der Waals surface area contributed by atoms with Gasteiger partial charge in [-0.1, -0.05) is 6.58 Å². The minimum absolute atomic E-state index is 0.984. The maximum absolute atomic E-state index is 10.5. The van der Waals surface area contributed by atoms with Gasteiger partial charge in [0.25, 0.3) is 0 Å². The van der Waals surface area contributed by atoms with Crippen molar-refractivity contribution in [2.45, 2.75) is 4.07 Å². The smallest absolute Gasteiger partial charge is 0.321 e. The molecule has 0 aromatic carbocycles. The molecule has 70 valence electrons. The molecule has 0 amide bonds. The van der Waals surface area contributed by atoms with E-state index in [4.69, 9.17) is 37.9 Å². The Kier molecular flexibility index (Phi) is 3.89. The first kappa shape index (κ1) is 12.5. The summed E-state index contributed by atoms with van der Waals surface area (Å²) < 4.78 is 18.4. The van der Waals surface area contributed by atoms with Gasteiger partial charge in [0.2, 0.25) is 0 Å². The molecule has 1 unspecified atom stereocenters. The Morgan fingerprint density at radius 3 is 1.92 bits per heavy atom. The van der Waals surface area contributed by atoms with Crippen LogP contribution in [0, 0.1) is 0 Å². The third-order valence-electron chi connectivity index (χ3n) is 0.939. The van der Waals surface area contributed by atoms with Crippen LogP contribution in [0.1, 0.15) is 0 Å². The van der Waals surface area contributed by atoms with Crippen LogP contribution in [0.5, 0.6) is 0 Å². The Bertz CT molecular complexity index is 268. The van der Waals surface area contributed by atoms with Crippen molar-refractivity contribution < 1.29 is 23.8 Å².